The van der Waals surface area contributed by atoms with Gasteiger partial charge in [0.2, 0.25) is 0 Å². The van der Waals surface area contributed by atoms with Gasteiger partial charge in [0.1, 0.15) is 6.10 Å². The van der Waals surface area contributed by atoms with E-state index in [0.717, 1.165) is 25.5 Å². The zero-order valence-corrected chi connectivity index (χ0v) is 18.8. The Morgan fingerprint density at radius 3 is 2.85 bits per heavy atom. The molecule has 7 heteroatoms. The lowest BCUT2D eigenvalue weighted by Crippen LogP contribution is -2.68. The van der Waals surface area contributed by atoms with Crippen LogP contribution in [0.4, 0.5) is 4.39 Å². The van der Waals surface area contributed by atoms with Gasteiger partial charge in [-0.1, -0.05) is 26.0 Å². The predicted molar refractivity (Wildman–Crippen MR) is 116 cm³/mol. The summed E-state index contributed by atoms with van der Waals surface area (Å²) in [5.74, 6) is 1.23. The minimum absolute atomic E-state index is 0. The van der Waals surface area contributed by atoms with Crippen molar-refractivity contribution in [3.05, 3.63) is 30.1 Å². The molecule has 4 unspecified atom stereocenters. The van der Waals surface area contributed by atoms with Crippen LogP contribution in [0.1, 0.15) is 34.1 Å². The summed E-state index contributed by atoms with van der Waals surface area (Å²) in [6, 6.07) is 6.79. The molecule has 0 bridgehead atoms. The van der Waals surface area contributed by atoms with Crippen LogP contribution in [0.5, 0.6) is 5.75 Å². The lowest BCUT2D eigenvalue weighted by molar-refractivity contribution is -0.106. The number of guanidine groups is 1. The summed E-state index contributed by atoms with van der Waals surface area (Å²) in [5.41, 5.74) is 0.0899. The standard InChI is InChI=1S/C20H30FN3O2.HI/c1-5-22-19(24-17-14-10-11-25-18(14)20(17,3)4)23-12-13(2)26-16-9-7-6-8-15(16)21;/h6-9,13-14,17-18H,5,10-12H2,1-4H3,(H2,22,23,24);1H. The Balaban J connectivity index is 0.00000261. The quantitative estimate of drug-likeness (QED) is 0.363. The van der Waals surface area contributed by atoms with Crippen LogP contribution in [0.15, 0.2) is 29.3 Å². The Kier molecular flexibility index (Phi) is 7.73. The number of nitrogens with one attached hydrogen (secondary N) is 2. The van der Waals surface area contributed by atoms with Gasteiger partial charge in [0.25, 0.3) is 0 Å². The topological polar surface area (TPSA) is 54.9 Å². The molecule has 1 aromatic carbocycles. The van der Waals surface area contributed by atoms with Crippen LogP contribution < -0.4 is 15.4 Å². The van der Waals surface area contributed by atoms with Gasteiger partial charge in [0.05, 0.1) is 12.6 Å². The Hall–Kier alpha value is -1.09. The molecular formula is C20H31FIN3O2. The van der Waals surface area contributed by atoms with Crippen LogP contribution in [-0.2, 0) is 4.74 Å². The minimum Gasteiger partial charge on any atom is -0.486 e. The zero-order valence-electron chi connectivity index (χ0n) is 16.5. The molecule has 1 saturated heterocycles. The molecule has 0 spiro atoms. The van der Waals surface area contributed by atoms with E-state index >= 15 is 0 Å². The number of aliphatic imine (C=N–C) groups is 1. The van der Waals surface area contributed by atoms with Crippen LogP contribution in [0.3, 0.4) is 0 Å². The predicted octanol–water partition coefficient (Wildman–Crippen LogP) is 3.58. The van der Waals surface area contributed by atoms with Gasteiger partial charge in [-0.2, -0.15) is 0 Å². The summed E-state index contributed by atoms with van der Waals surface area (Å²) in [7, 11) is 0. The van der Waals surface area contributed by atoms with Gasteiger partial charge in [-0.15, -0.1) is 24.0 Å². The van der Waals surface area contributed by atoms with Crippen molar-refractivity contribution in [3.8, 4) is 5.75 Å². The summed E-state index contributed by atoms with van der Waals surface area (Å²) in [6.45, 7) is 10.5. The number of rotatable bonds is 6. The van der Waals surface area contributed by atoms with E-state index in [1.54, 1.807) is 18.2 Å². The molecule has 1 aliphatic heterocycles. The average Bonchev–Trinajstić information content (AvgIpc) is 3.06. The van der Waals surface area contributed by atoms with E-state index in [0.29, 0.717) is 24.6 Å². The van der Waals surface area contributed by atoms with Gasteiger partial charge in [0, 0.05) is 30.5 Å². The number of hydrogen-bond acceptors (Lipinski definition) is 3. The largest absolute Gasteiger partial charge is 0.486 e. The van der Waals surface area contributed by atoms with Crippen LogP contribution in [0.25, 0.3) is 0 Å². The first kappa shape index (κ1) is 22.2. The summed E-state index contributed by atoms with van der Waals surface area (Å²) < 4.78 is 25.2. The molecule has 27 heavy (non-hydrogen) atoms. The Morgan fingerprint density at radius 2 is 2.15 bits per heavy atom. The highest BCUT2D eigenvalue weighted by molar-refractivity contribution is 14.0. The number of para-hydroxylation sites is 1. The summed E-state index contributed by atoms with van der Waals surface area (Å²) in [6.07, 6.45) is 1.21. The van der Waals surface area contributed by atoms with Crippen LogP contribution in [0, 0.1) is 17.2 Å². The molecular weight excluding hydrogens is 460 g/mol. The van der Waals surface area contributed by atoms with Gasteiger partial charge in [-0.05, 0) is 32.4 Å². The summed E-state index contributed by atoms with van der Waals surface area (Å²) in [4.78, 5) is 4.65. The van der Waals surface area contributed by atoms with Gasteiger partial charge in [0.15, 0.2) is 17.5 Å². The molecule has 1 aliphatic carbocycles. The molecule has 1 heterocycles. The lowest BCUT2D eigenvalue weighted by Gasteiger charge is -2.54. The Morgan fingerprint density at radius 1 is 1.41 bits per heavy atom. The first-order chi connectivity index (χ1) is 12.4. The van der Waals surface area contributed by atoms with Crippen molar-refractivity contribution in [3.63, 3.8) is 0 Å². The highest BCUT2D eigenvalue weighted by atomic mass is 127. The molecule has 152 valence electrons. The van der Waals surface area contributed by atoms with Crippen LogP contribution >= 0.6 is 24.0 Å². The van der Waals surface area contributed by atoms with Crippen molar-refractivity contribution >= 4 is 29.9 Å². The zero-order chi connectivity index (χ0) is 18.7. The van der Waals surface area contributed by atoms with Crippen molar-refractivity contribution in [2.45, 2.75) is 52.4 Å². The second kappa shape index (κ2) is 9.41. The van der Waals surface area contributed by atoms with E-state index in [-0.39, 0.29) is 47.1 Å². The smallest absolute Gasteiger partial charge is 0.191 e. The molecule has 0 aromatic heterocycles. The second-order valence-electron chi connectivity index (χ2n) is 7.77. The summed E-state index contributed by atoms with van der Waals surface area (Å²) >= 11 is 0. The maximum atomic E-state index is 13.7. The normalized spacial score (nSPS) is 27.0. The van der Waals surface area contributed by atoms with E-state index < -0.39 is 0 Å². The fourth-order valence-corrected chi connectivity index (χ4v) is 4.10. The molecule has 5 nitrogen and oxygen atoms in total. The van der Waals surface area contributed by atoms with Crippen molar-refractivity contribution in [2.75, 3.05) is 19.7 Å². The van der Waals surface area contributed by atoms with Gasteiger partial charge >= 0.3 is 0 Å². The van der Waals surface area contributed by atoms with E-state index in [1.807, 2.05) is 13.8 Å². The molecule has 3 rings (SSSR count). The Bertz CT molecular complexity index is 656. The van der Waals surface area contributed by atoms with Gasteiger partial charge in [-0.3, -0.25) is 0 Å². The lowest BCUT2D eigenvalue weighted by atomic mass is 9.57. The maximum Gasteiger partial charge on any atom is 0.191 e. The molecule has 1 saturated carbocycles. The molecule has 0 radical (unpaired) electrons. The SMILES string of the molecule is CCNC(=NCC(C)Oc1ccccc1F)NC1C2CCOC2C1(C)C.I. The van der Waals surface area contributed by atoms with E-state index in [1.165, 1.54) is 6.07 Å². The number of fused-ring (bicyclic) bond motifs is 1. The number of nitrogens with zero attached hydrogens (tertiary/aromatic N) is 1. The number of hydrogen-bond donors (Lipinski definition) is 2. The number of benzene rings is 1. The molecule has 1 aromatic rings. The van der Waals surface area contributed by atoms with Crippen molar-refractivity contribution in [1.29, 1.82) is 0 Å². The monoisotopic (exact) mass is 491 g/mol. The molecule has 4 atom stereocenters. The average molecular weight is 491 g/mol. The Labute approximate surface area is 178 Å². The summed E-state index contributed by atoms with van der Waals surface area (Å²) in [5, 5.41) is 6.87. The third kappa shape index (κ3) is 4.85. The van der Waals surface area contributed by atoms with Gasteiger partial charge in [-0.25, -0.2) is 9.38 Å². The molecule has 0 amide bonds. The van der Waals surface area contributed by atoms with Crippen molar-refractivity contribution in [1.82, 2.24) is 10.6 Å². The number of halogens is 2. The van der Waals surface area contributed by atoms with E-state index in [4.69, 9.17) is 9.47 Å². The second-order valence-corrected chi connectivity index (χ2v) is 7.77. The van der Waals surface area contributed by atoms with Crippen LogP contribution in [-0.4, -0.2) is 43.9 Å². The fraction of sp³-hybridized carbons (Fsp3) is 0.650. The van der Waals surface area contributed by atoms with Crippen molar-refractivity contribution < 1.29 is 13.9 Å². The van der Waals surface area contributed by atoms with E-state index in [2.05, 4.69) is 29.5 Å². The molecule has 2 aliphatic rings. The highest BCUT2D eigenvalue weighted by Gasteiger charge is 2.59. The molecule has 2 fully saturated rings. The minimum atomic E-state index is -0.350. The first-order valence-corrected chi connectivity index (χ1v) is 9.51. The van der Waals surface area contributed by atoms with E-state index in [9.17, 15) is 4.39 Å². The molecule has 2 N–H and O–H groups in total. The number of ether oxygens (including phenoxy) is 2. The third-order valence-corrected chi connectivity index (χ3v) is 5.41. The fourth-order valence-electron chi connectivity index (χ4n) is 4.10. The third-order valence-electron chi connectivity index (χ3n) is 5.41. The first-order valence-electron chi connectivity index (χ1n) is 9.51. The van der Waals surface area contributed by atoms with Crippen molar-refractivity contribution in [2.24, 2.45) is 16.3 Å². The van der Waals surface area contributed by atoms with Gasteiger partial charge < -0.3 is 20.1 Å². The maximum absolute atomic E-state index is 13.7. The highest BCUT2D eigenvalue weighted by Crippen LogP contribution is 2.52. The van der Waals surface area contributed by atoms with Crippen LogP contribution in [0.2, 0.25) is 0 Å².